The summed E-state index contributed by atoms with van der Waals surface area (Å²) in [5.74, 6) is -0.0508. The van der Waals surface area contributed by atoms with Gasteiger partial charge >= 0.3 is 0 Å². The van der Waals surface area contributed by atoms with E-state index in [2.05, 4.69) is 46.4 Å². The molecule has 27 heavy (non-hydrogen) atoms. The highest BCUT2D eigenvalue weighted by Gasteiger charge is 2.18. The number of nitrogens with two attached hydrogens (primary N) is 1. The third-order valence-corrected chi connectivity index (χ3v) is 4.06. The highest BCUT2D eigenvalue weighted by molar-refractivity contribution is 5.96. The van der Waals surface area contributed by atoms with Crippen molar-refractivity contribution in [3.8, 4) is 0 Å². The van der Waals surface area contributed by atoms with Gasteiger partial charge in [0.15, 0.2) is 11.5 Å². The molecule has 2 heterocycles. The van der Waals surface area contributed by atoms with Crippen molar-refractivity contribution in [3.05, 3.63) is 29.6 Å². The summed E-state index contributed by atoms with van der Waals surface area (Å²) in [5.41, 5.74) is 8.00. The summed E-state index contributed by atoms with van der Waals surface area (Å²) in [6, 6.07) is 3.91. The van der Waals surface area contributed by atoms with E-state index in [4.69, 9.17) is 5.73 Å². The average Bonchev–Trinajstić information content (AvgIpc) is 2.99. The van der Waals surface area contributed by atoms with Crippen LogP contribution in [0.1, 0.15) is 36.8 Å². The van der Waals surface area contributed by atoms with Gasteiger partial charge in [0, 0.05) is 31.4 Å². The van der Waals surface area contributed by atoms with Crippen LogP contribution < -0.4 is 16.0 Å². The topological polar surface area (TPSA) is 115 Å². The van der Waals surface area contributed by atoms with Gasteiger partial charge in [-0.25, -0.2) is 0 Å². The number of hydrogen-bond acceptors (Lipinski definition) is 7. The summed E-state index contributed by atoms with van der Waals surface area (Å²) in [7, 11) is 3.59. The predicted octanol–water partition coefficient (Wildman–Crippen LogP) is 2.19. The molecule has 3 aromatic rings. The first-order valence-corrected chi connectivity index (χ1v) is 8.55. The largest absolute Gasteiger partial charge is 0.364 e. The zero-order chi connectivity index (χ0) is 19.9. The fourth-order valence-corrected chi connectivity index (χ4v) is 2.62. The molecule has 2 aromatic heterocycles. The Morgan fingerprint density at radius 1 is 1.22 bits per heavy atom. The molecular formula is C18H24N8O. The number of carbonyl (C=O) groups excluding carboxylic acids is 1. The van der Waals surface area contributed by atoms with Gasteiger partial charge in [-0.2, -0.15) is 10.1 Å². The number of hydrogen-bond donors (Lipinski definition) is 2. The molecule has 0 bridgehead atoms. The monoisotopic (exact) mass is 368 g/mol. The Morgan fingerprint density at radius 2 is 1.93 bits per heavy atom. The number of carbonyl (C=O) groups is 1. The van der Waals surface area contributed by atoms with Gasteiger partial charge < -0.3 is 16.0 Å². The van der Waals surface area contributed by atoms with E-state index in [1.54, 1.807) is 19.0 Å². The van der Waals surface area contributed by atoms with E-state index in [1.807, 2.05) is 29.9 Å². The van der Waals surface area contributed by atoms with Crippen LogP contribution in [0.5, 0.6) is 0 Å². The summed E-state index contributed by atoms with van der Waals surface area (Å²) >= 11 is 0. The van der Waals surface area contributed by atoms with E-state index in [-0.39, 0.29) is 17.1 Å². The molecule has 3 rings (SSSR count). The van der Waals surface area contributed by atoms with Crippen molar-refractivity contribution in [2.75, 3.05) is 24.3 Å². The summed E-state index contributed by atoms with van der Waals surface area (Å²) in [6.07, 6.45) is 2.01. The van der Waals surface area contributed by atoms with Crippen molar-refractivity contribution in [1.29, 1.82) is 0 Å². The fourth-order valence-electron chi connectivity index (χ4n) is 2.62. The Hall–Kier alpha value is -3.23. The molecule has 0 spiro atoms. The van der Waals surface area contributed by atoms with Crippen molar-refractivity contribution in [2.24, 2.45) is 5.73 Å². The van der Waals surface area contributed by atoms with Gasteiger partial charge in [0.1, 0.15) is 0 Å². The van der Waals surface area contributed by atoms with E-state index in [0.29, 0.717) is 5.95 Å². The molecule has 1 aromatic carbocycles. The van der Waals surface area contributed by atoms with E-state index in [1.165, 1.54) is 0 Å². The molecule has 0 atom stereocenters. The fraction of sp³-hybridized carbons (Fsp3) is 0.389. The third kappa shape index (κ3) is 3.67. The SMILES string of the molecule is Cc1cc(Nc2nc(N(C)C)nnc2C(N)=O)cc2cn(C(C)(C)C)nc12. The molecular weight excluding hydrogens is 344 g/mol. The highest BCUT2D eigenvalue weighted by atomic mass is 16.1. The third-order valence-electron chi connectivity index (χ3n) is 4.06. The maximum Gasteiger partial charge on any atom is 0.273 e. The minimum atomic E-state index is -0.693. The smallest absolute Gasteiger partial charge is 0.273 e. The van der Waals surface area contributed by atoms with Gasteiger partial charge in [0.25, 0.3) is 5.91 Å². The van der Waals surface area contributed by atoms with Crippen LogP contribution in [0.25, 0.3) is 10.9 Å². The summed E-state index contributed by atoms with van der Waals surface area (Å²) < 4.78 is 1.94. The molecule has 1 amide bonds. The zero-order valence-corrected chi connectivity index (χ0v) is 16.4. The molecule has 0 saturated heterocycles. The number of amides is 1. The quantitative estimate of drug-likeness (QED) is 0.725. The van der Waals surface area contributed by atoms with Crippen molar-refractivity contribution >= 4 is 34.3 Å². The van der Waals surface area contributed by atoms with Crippen LogP contribution in [0.2, 0.25) is 0 Å². The lowest BCUT2D eigenvalue weighted by Crippen LogP contribution is -2.21. The van der Waals surface area contributed by atoms with Crippen molar-refractivity contribution < 1.29 is 4.79 Å². The van der Waals surface area contributed by atoms with Crippen molar-refractivity contribution in [2.45, 2.75) is 33.2 Å². The first-order chi connectivity index (χ1) is 12.6. The predicted molar refractivity (Wildman–Crippen MR) is 105 cm³/mol. The highest BCUT2D eigenvalue weighted by Crippen LogP contribution is 2.27. The standard InChI is InChI=1S/C18H24N8O/c1-10-7-12(8-11-9-26(18(2,3)4)24-13(10)11)20-16-14(15(19)27)22-23-17(21-16)25(5)6/h7-9H,1-6H3,(H2,19,27)(H,20,21,23). The Morgan fingerprint density at radius 3 is 2.52 bits per heavy atom. The number of nitrogens with one attached hydrogen (secondary N) is 1. The minimum absolute atomic E-state index is 0.0104. The average molecular weight is 368 g/mol. The maximum atomic E-state index is 11.7. The lowest BCUT2D eigenvalue weighted by atomic mass is 10.1. The van der Waals surface area contributed by atoms with Gasteiger partial charge in [-0.1, -0.05) is 0 Å². The van der Waals surface area contributed by atoms with Crippen molar-refractivity contribution in [3.63, 3.8) is 0 Å². The van der Waals surface area contributed by atoms with E-state index >= 15 is 0 Å². The van der Waals surface area contributed by atoms with Crippen LogP contribution >= 0.6 is 0 Å². The molecule has 0 fully saturated rings. The van der Waals surface area contributed by atoms with E-state index < -0.39 is 5.91 Å². The van der Waals surface area contributed by atoms with Gasteiger partial charge in [-0.3, -0.25) is 9.48 Å². The summed E-state index contributed by atoms with van der Waals surface area (Å²) in [5, 5.41) is 16.6. The second-order valence-corrected chi connectivity index (χ2v) is 7.67. The Balaban J connectivity index is 2.06. The van der Waals surface area contributed by atoms with Crippen molar-refractivity contribution in [1.82, 2.24) is 25.0 Å². The van der Waals surface area contributed by atoms with Gasteiger partial charge in [0.05, 0.1) is 11.1 Å². The van der Waals surface area contributed by atoms with E-state index in [0.717, 1.165) is 22.2 Å². The second kappa shape index (κ2) is 6.49. The molecule has 9 heteroatoms. The summed E-state index contributed by atoms with van der Waals surface area (Å²) in [6.45, 7) is 8.29. The number of benzene rings is 1. The molecule has 142 valence electrons. The molecule has 3 N–H and O–H groups in total. The van der Waals surface area contributed by atoms with Gasteiger partial charge in [-0.15, -0.1) is 10.2 Å². The number of nitrogens with zero attached hydrogens (tertiary/aromatic N) is 6. The lowest BCUT2D eigenvalue weighted by molar-refractivity contribution is 0.0995. The Bertz CT molecular complexity index is 1020. The van der Waals surface area contributed by atoms with Crippen LogP contribution in [0.15, 0.2) is 18.3 Å². The Labute approximate surface area is 157 Å². The number of aryl methyl sites for hydroxylation is 1. The number of primary amides is 1. The van der Waals surface area contributed by atoms with E-state index in [9.17, 15) is 4.79 Å². The molecule has 0 aliphatic heterocycles. The number of anilines is 3. The van der Waals surface area contributed by atoms with Crippen LogP contribution in [0.4, 0.5) is 17.5 Å². The van der Waals surface area contributed by atoms with Gasteiger partial charge in [0.2, 0.25) is 5.95 Å². The molecule has 0 radical (unpaired) electrons. The maximum absolute atomic E-state index is 11.7. The molecule has 0 aliphatic carbocycles. The molecule has 0 aliphatic rings. The molecule has 0 unspecified atom stereocenters. The number of aromatic nitrogens is 5. The number of fused-ring (bicyclic) bond motifs is 1. The second-order valence-electron chi connectivity index (χ2n) is 7.67. The molecule has 9 nitrogen and oxygen atoms in total. The first-order valence-electron chi connectivity index (χ1n) is 8.55. The normalized spacial score (nSPS) is 11.6. The van der Waals surface area contributed by atoms with Crippen LogP contribution in [-0.2, 0) is 5.54 Å². The van der Waals surface area contributed by atoms with Crippen LogP contribution in [0.3, 0.4) is 0 Å². The van der Waals surface area contributed by atoms with Gasteiger partial charge in [-0.05, 0) is 45.4 Å². The summed E-state index contributed by atoms with van der Waals surface area (Å²) in [4.78, 5) is 17.8. The zero-order valence-electron chi connectivity index (χ0n) is 16.4. The molecule has 0 saturated carbocycles. The Kier molecular flexibility index (Phi) is 4.46. The van der Waals surface area contributed by atoms with Crippen LogP contribution in [0, 0.1) is 6.92 Å². The first kappa shape index (κ1) is 18.6. The number of rotatable bonds is 4. The minimum Gasteiger partial charge on any atom is -0.364 e. The van der Waals surface area contributed by atoms with Crippen LogP contribution in [-0.4, -0.2) is 45.0 Å². The lowest BCUT2D eigenvalue weighted by Gasteiger charge is -2.18.